The molecule has 6 heteroatoms. The Labute approximate surface area is 218 Å². The molecule has 0 radical (unpaired) electrons. The highest BCUT2D eigenvalue weighted by molar-refractivity contribution is 6.30. The molecule has 1 N–H and O–H groups in total. The zero-order valence-electron chi connectivity index (χ0n) is 21.1. The van der Waals surface area contributed by atoms with Gasteiger partial charge in [-0.2, -0.15) is 0 Å². The zero-order chi connectivity index (χ0) is 25.3. The minimum Gasteiger partial charge on any atom is -0.494 e. The lowest BCUT2D eigenvalue weighted by Gasteiger charge is -2.11. The summed E-state index contributed by atoms with van der Waals surface area (Å²) in [6.07, 6.45) is 4.00. The molecule has 1 amide bonds. The number of nitrogens with zero attached hydrogens (tertiary/aromatic N) is 2. The minimum absolute atomic E-state index is 0.0228. The Morgan fingerprint density at radius 3 is 2.50 bits per heavy atom. The molecule has 0 aliphatic carbocycles. The van der Waals surface area contributed by atoms with Crippen molar-refractivity contribution in [3.8, 4) is 5.75 Å². The fourth-order valence-electron chi connectivity index (χ4n) is 4.47. The smallest absolute Gasteiger partial charge is 0.224 e. The van der Waals surface area contributed by atoms with Gasteiger partial charge in [0, 0.05) is 24.5 Å². The molecule has 0 bridgehead atoms. The van der Waals surface area contributed by atoms with E-state index in [1.807, 2.05) is 30.3 Å². The van der Waals surface area contributed by atoms with Gasteiger partial charge >= 0.3 is 0 Å². The second-order valence-corrected chi connectivity index (χ2v) is 9.74. The van der Waals surface area contributed by atoms with Crippen molar-refractivity contribution in [2.24, 2.45) is 0 Å². The van der Waals surface area contributed by atoms with Crippen LogP contribution in [0.1, 0.15) is 41.8 Å². The molecule has 0 fully saturated rings. The number of para-hydroxylation sites is 2. The number of fused-ring (bicyclic) bond motifs is 1. The first kappa shape index (κ1) is 25.8. The van der Waals surface area contributed by atoms with Crippen molar-refractivity contribution in [3.05, 3.63) is 94.3 Å². The molecule has 0 saturated heterocycles. The number of hydrogen-bond acceptors (Lipinski definition) is 3. The quantitative estimate of drug-likeness (QED) is 0.226. The van der Waals surface area contributed by atoms with E-state index in [2.05, 4.69) is 60.1 Å². The van der Waals surface area contributed by atoms with Crippen LogP contribution in [-0.4, -0.2) is 28.6 Å². The van der Waals surface area contributed by atoms with Gasteiger partial charge in [0.25, 0.3) is 0 Å². The highest BCUT2D eigenvalue weighted by atomic mass is 35.5. The van der Waals surface area contributed by atoms with E-state index in [4.69, 9.17) is 21.3 Å². The van der Waals surface area contributed by atoms with Gasteiger partial charge in [0.05, 0.1) is 24.1 Å². The predicted octanol–water partition coefficient (Wildman–Crippen LogP) is 6.46. The van der Waals surface area contributed by atoms with Crippen molar-refractivity contribution >= 4 is 28.5 Å². The molecule has 0 atom stereocenters. The summed E-state index contributed by atoms with van der Waals surface area (Å²) in [6, 6.07) is 22.0. The van der Waals surface area contributed by atoms with Crippen LogP contribution in [0.2, 0.25) is 5.02 Å². The Morgan fingerprint density at radius 2 is 1.72 bits per heavy atom. The summed E-state index contributed by atoms with van der Waals surface area (Å²) in [6.45, 7) is 6.41. The van der Waals surface area contributed by atoms with Crippen LogP contribution in [0.5, 0.6) is 5.75 Å². The third-order valence-electron chi connectivity index (χ3n) is 6.15. The molecule has 4 rings (SSSR count). The highest BCUT2D eigenvalue weighted by Gasteiger charge is 2.11. The van der Waals surface area contributed by atoms with Crippen molar-refractivity contribution in [3.63, 3.8) is 0 Å². The summed E-state index contributed by atoms with van der Waals surface area (Å²) in [5.74, 6) is 2.03. The summed E-state index contributed by atoms with van der Waals surface area (Å²) >= 11 is 5.92. The van der Waals surface area contributed by atoms with Crippen molar-refractivity contribution in [1.82, 2.24) is 14.9 Å². The predicted molar refractivity (Wildman–Crippen MR) is 147 cm³/mol. The topological polar surface area (TPSA) is 56.1 Å². The van der Waals surface area contributed by atoms with Crippen LogP contribution in [0, 0.1) is 13.8 Å². The van der Waals surface area contributed by atoms with Crippen molar-refractivity contribution < 1.29 is 9.53 Å². The summed E-state index contributed by atoms with van der Waals surface area (Å²) in [5.41, 5.74) is 5.59. The van der Waals surface area contributed by atoms with E-state index in [1.54, 1.807) is 0 Å². The SMILES string of the molecule is Cc1cc(C)cc(OCCCCn2c(CCCNC(=O)Cc3ccc(Cl)cc3)nc3ccccc32)c1. The number of aromatic nitrogens is 2. The summed E-state index contributed by atoms with van der Waals surface area (Å²) in [4.78, 5) is 17.2. The van der Waals surface area contributed by atoms with Crippen molar-refractivity contribution in [2.75, 3.05) is 13.2 Å². The maximum Gasteiger partial charge on any atom is 0.224 e. The van der Waals surface area contributed by atoms with Gasteiger partial charge in [-0.3, -0.25) is 4.79 Å². The lowest BCUT2D eigenvalue weighted by molar-refractivity contribution is -0.120. The fourth-order valence-corrected chi connectivity index (χ4v) is 4.59. The van der Waals surface area contributed by atoms with Crippen LogP contribution in [0.25, 0.3) is 11.0 Å². The molecular formula is C30H34ClN3O2. The van der Waals surface area contributed by atoms with E-state index in [0.29, 0.717) is 24.6 Å². The number of hydrogen-bond donors (Lipinski definition) is 1. The van der Waals surface area contributed by atoms with Gasteiger partial charge in [-0.1, -0.05) is 41.9 Å². The maximum atomic E-state index is 12.3. The number of benzene rings is 3. The van der Waals surface area contributed by atoms with E-state index >= 15 is 0 Å². The molecule has 1 aromatic heterocycles. The molecule has 5 nitrogen and oxygen atoms in total. The molecule has 36 heavy (non-hydrogen) atoms. The Morgan fingerprint density at radius 1 is 0.972 bits per heavy atom. The standard InChI is InChI=1S/C30H34ClN3O2/c1-22-18-23(2)20-26(19-22)36-17-6-5-16-34-28-9-4-3-8-27(28)33-29(34)10-7-15-32-30(35)21-24-11-13-25(31)14-12-24/h3-4,8-9,11-14,18-20H,5-7,10,15-17,21H2,1-2H3,(H,32,35). The average molecular weight is 504 g/mol. The van der Waals surface area contributed by atoms with E-state index in [0.717, 1.165) is 60.4 Å². The van der Waals surface area contributed by atoms with Gasteiger partial charge in [-0.05, 0) is 86.2 Å². The lowest BCUT2D eigenvalue weighted by atomic mass is 10.1. The van der Waals surface area contributed by atoms with Crippen molar-refractivity contribution in [1.29, 1.82) is 0 Å². The van der Waals surface area contributed by atoms with Gasteiger partial charge in [-0.25, -0.2) is 4.98 Å². The number of unbranched alkanes of at least 4 members (excludes halogenated alkanes) is 1. The van der Waals surface area contributed by atoms with Crippen LogP contribution in [0.3, 0.4) is 0 Å². The Kier molecular flexibility index (Phi) is 9.01. The number of carbonyl (C=O) groups is 1. The number of aryl methyl sites for hydroxylation is 4. The van der Waals surface area contributed by atoms with Crippen LogP contribution >= 0.6 is 11.6 Å². The number of nitrogens with one attached hydrogen (secondary N) is 1. The first-order valence-electron chi connectivity index (χ1n) is 12.6. The second kappa shape index (κ2) is 12.6. The second-order valence-electron chi connectivity index (χ2n) is 9.30. The van der Waals surface area contributed by atoms with Gasteiger partial charge < -0.3 is 14.6 Å². The molecule has 0 aliphatic rings. The lowest BCUT2D eigenvalue weighted by Crippen LogP contribution is -2.26. The third kappa shape index (κ3) is 7.34. The molecule has 0 unspecified atom stereocenters. The Hall–Kier alpha value is -3.31. The van der Waals surface area contributed by atoms with E-state index in [-0.39, 0.29) is 5.91 Å². The minimum atomic E-state index is 0.0228. The van der Waals surface area contributed by atoms with E-state index in [1.165, 1.54) is 11.1 Å². The van der Waals surface area contributed by atoms with Crippen molar-refractivity contribution in [2.45, 2.75) is 52.5 Å². The van der Waals surface area contributed by atoms with Gasteiger partial charge in [0.2, 0.25) is 5.91 Å². The molecule has 1 heterocycles. The number of ether oxygens (including phenoxy) is 1. The largest absolute Gasteiger partial charge is 0.494 e. The summed E-state index contributed by atoms with van der Waals surface area (Å²) < 4.78 is 8.30. The number of rotatable bonds is 12. The number of carbonyl (C=O) groups excluding carboxylic acids is 1. The van der Waals surface area contributed by atoms with Crippen LogP contribution in [0.4, 0.5) is 0 Å². The third-order valence-corrected chi connectivity index (χ3v) is 6.40. The molecular weight excluding hydrogens is 470 g/mol. The summed E-state index contributed by atoms with van der Waals surface area (Å²) in [5, 5.41) is 3.70. The van der Waals surface area contributed by atoms with Crippen LogP contribution in [-0.2, 0) is 24.2 Å². The molecule has 0 aliphatic heterocycles. The Bertz CT molecular complexity index is 1280. The highest BCUT2D eigenvalue weighted by Crippen LogP contribution is 2.19. The number of amides is 1. The normalized spacial score (nSPS) is 11.1. The van der Waals surface area contributed by atoms with Gasteiger partial charge in [0.1, 0.15) is 11.6 Å². The monoisotopic (exact) mass is 503 g/mol. The van der Waals surface area contributed by atoms with Gasteiger partial charge in [-0.15, -0.1) is 0 Å². The summed E-state index contributed by atoms with van der Waals surface area (Å²) in [7, 11) is 0. The van der Waals surface area contributed by atoms with E-state index < -0.39 is 0 Å². The fraction of sp³-hybridized carbons (Fsp3) is 0.333. The van der Waals surface area contributed by atoms with Gasteiger partial charge in [0.15, 0.2) is 0 Å². The van der Waals surface area contributed by atoms with Crippen LogP contribution in [0.15, 0.2) is 66.7 Å². The molecule has 0 saturated carbocycles. The number of imidazole rings is 1. The first-order chi connectivity index (χ1) is 17.5. The Balaban J connectivity index is 1.26. The number of halogens is 1. The van der Waals surface area contributed by atoms with Crippen LogP contribution < -0.4 is 10.1 Å². The first-order valence-corrected chi connectivity index (χ1v) is 13.0. The zero-order valence-corrected chi connectivity index (χ0v) is 21.9. The molecule has 188 valence electrons. The van der Waals surface area contributed by atoms with E-state index in [9.17, 15) is 4.79 Å². The average Bonchev–Trinajstić information content (AvgIpc) is 3.20. The molecule has 3 aromatic carbocycles. The molecule has 4 aromatic rings. The molecule has 0 spiro atoms. The maximum absolute atomic E-state index is 12.3.